The Kier molecular flexibility index (Phi) is 7.01. The minimum Gasteiger partial charge on any atom is -0.329 e. The molecule has 5 rings (SSSR count). The van der Waals surface area contributed by atoms with Crippen molar-refractivity contribution in [3.05, 3.63) is 41.4 Å². The Bertz CT molecular complexity index is 1140. The molecule has 0 bridgehead atoms. The number of carbonyl (C=O) groups is 1. The summed E-state index contributed by atoms with van der Waals surface area (Å²) in [4.78, 5) is 29.7. The number of aromatic nitrogens is 2. The van der Waals surface area contributed by atoms with Crippen molar-refractivity contribution in [3.63, 3.8) is 0 Å². The van der Waals surface area contributed by atoms with Crippen molar-refractivity contribution < 1.29 is 4.79 Å². The number of anilines is 3. The lowest BCUT2D eigenvalue weighted by Crippen LogP contribution is -2.34. The van der Waals surface area contributed by atoms with Gasteiger partial charge in [0, 0.05) is 24.3 Å². The molecule has 0 radical (unpaired) electrons. The number of halogens is 1. The number of piperidine rings is 1. The van der Waals surface area contributed by atoms with Crippen molar-refractivity contribution in [1.82, 2.24) is 19.8 Å². The van der Waals surface area contributed by atoms with Gasteiger partial charge >= 0.3 is 0 Å². The second-order valence-corrected chi connectivity index (χ2v) is 10.6. The Morgan fingerprint density at radius 2 is 1.94 bits per heavy atom. The molecule has 2 saturated heterocycles. The summed E-state index contributed by atoms with van der Waals surface area (Å²) in [5.41, 5.74) is 1.79. The van der Waals surface area contributed by atoms with E-state index in [2.05, 4.69) is 27.0 Å². The molecule has 2 aliphatic heterocycles. The number of nitrogens with one attached hydrogen (secondary N) is 1. The number of thiazole rings is 1. The zero-order valence-electron chi connectivity index (χ0n) is 19.7. The minimum atomic E-state index is -0.0256. The molecule has 0 spiro atoms. The van der Waals surface area contributed by atoms with Crippen LogP contribution < -0.4 is 10.2 Å². The lowest BCUT2D eigenvalue weighted by molar-refractivity contribution is -0.116. The van der Waals surface area contributed by atoms with Crippen molar-refractivity contribution in [1.29, 1.82) is 0 Å². The van der Waals surface area contributed by atoms with Crippen LogP contribution in [-0.4, -0.2) is 71.5 Å². The molecule has 9 heteroatoms. The molecule has 1 N–H and O–H groups in total. The van der Waals surface area contributed by atoms with Crippen LogP contribution in [0.4, 0.5) is 16.6 Å². The third-order valence-corrected chi connectivity index (χ3v) is 8.16. The molecule has 180 valence electrons. The highest BCUT2D eigenvalue weighted by atomic mass is 35.5. The van der Waals surface area contributed by atoms with Gasteiger partial charge < -0.3 is 15.1 Å². The SMILES string of the molecule is CCN1CCC(CCN2CC2C(=O)Nc2nc3ccc(N(C)c4ccc(Cl)cc4)nc3s2)CC1. The molecule has 2 atom stereocenters. The minimum absolute atomic E-state index is 0.0256. The first-order valence-electron chi connectivity index (χ1n) is 12.0. The largest absolute Gasteiger partial charge is 0.329 e. The highest BCUT2D eigenvalue weighted by molar-refractivity contribution is 7.22. The zero-order chi connectivity index (χ0) is 23.7. The van der Waals surface area contributed by atoms with Gasteiger partial charge in [0.25, 0.3) is 0 Å². The molecule has 1 aromatic carbocycles. The normalized spacial score (nSPS) is 21.0. The summed E-state index contributed by atoms with van der Waals surface area (Å²) in [6, 6.07) is 11.5. The number of hydrogen-bond acceptors (Lipinski definition) is 7. The lowest BCUT2D eigenvalue weighted by atomic mass is 9.93. The molecule has 0 aliphatic carbocycles. The van der Waals surface area contributed by atoms with Crippen molar-refractivity contribution in [2.75, 3.05) is 50.0 Å². The maximum atomic E-state index is 12.8. The first-order chi connectivity index (χ1) is 16.5. The van der Waals surface area contributed by atoms with Gasteiger partial charge in [-0.05, 0) is 87.8 Å². The fraction of sp³-hybridized carbons (Fsp3) is 0.480. The molecule has 2 aromatic heterocycles. The van der Waals surface area contributed by atoms with Crippen LogP contribution >= 0.6 is 22.9 Å². The summed E-state index contributed by atoms with van der Waals surface area (Å²) in [6.07, 6.45) is 3.76. The third-order valence-electron chi connectivity index (χ3n) is 7.02. The second kappa shape index (κ2) is 10.2. The maximum Gasteiger partial charge on any atom is 0.244 e. The van der Waals surface area contributed by atoms with E-state index in [-0.39, 0.29) is 11.9 Å². The van der Waals surface area contributed by atoms with Crippen LogP contribution in [0.5, 0.6) is 0 Å². The van der Waals surface area contributed by atoms with Gasteiger partial charge in [0.2, 0.25) is 5.91 Å². The summed E-state index contributed by atoms with van der Waals surface area (Å²) < 4.78 is 0. The number of likely N-dealkylation sites (tertiary alicyclic amines) is 1. The van der Waals surface area contributed by atoms with Crippen molar-refractivity contribution >= 4 is 55.8 Å². The first kappa shape index (κ1) is 23.5. The number of amides is 1. The van der Waals surface area contributed by atoms with Gasteiger partial charge in [-0.25, -0.2) is 9.97 Å². The maximum absolute atomic E-state index is 12.8. The average molecular weight is 499 g/mol. The number of hydrogen-bond donors (Lipinski definition) is 1. The summed E-state index contributed by atoms with van der Waals surface area (Å²) in [7, 11) is 1.97. The van der Waals surface area contributed by atoms with Crippen LogP contribution in [0.25, 0.3) is 10.3 Å². The fourth-order valence-corrected chi connectivity index (χ4v) is 5.61. The van der Waals surface area contributed by atoms with Crippen molar-refractivity contribution in [2.45, 2.75) is 32.2 Å². The van der Waals surface area contributed by atoms with E-state index in [9.17, 15) is 4.79 Å². The topological polar surface area (TPSA) is 64.4 Å². The van der Waals surface area contributed by atoms with E-state index >= 15 is 0 Å². The molecule has 34 heavy (non-hydrogen) atoms. The van der Waals surface area contributed by atoms with E-state index in [0.717, 1.165) is 47.4 Å². The van der Waals surface area contributed by atoms with E-state index in [1.165, 1.54) is 43.7 Å². The first-order valence-corrected chi connectivity index (χ1v) is 13.2. The van der Waals surface area contributed by atoms with Gasteiger partial charge in [0.05, 0.1) is 0 Å². The smallest absolute Gasteiger partial charge is 0.244 e. The quantitative estimate of drug-likeness (QED) is 0.447. The number of fused-ring (bicyclic) bond motifs is 1. The van der Waals surface area contributed by atoms with Crippen LogP contribution in [0.3, 0.4) is 0 Å². The van der Waals surface area contributed by atoms with Gasteiger partial charge in [0.1, 0.15) is 22.2 Å². The summed E-state index contributed by atoms with van der Waals surface area (Å²) in [6.45, 7) is 7.68. The van der Waals surface area contributed by atoms with E-state index in [0.29, 0.717) is 10.2 Å². The van der Waals surface area contributed by atoms with Crippen molar-refractivity contribution in [2.24, 2.45) is 5.92 Å². The van der Waals surface area contributed by atoms with Gasteiger partial charge in [0.15, 0.2) is 5.13 Å². The van der Waals surface area contributed by atoms with Crippen LogP contribution in [0, 0.1) is 5.92 Å². The lowest BCUT2D eigenvalue weighted by Gasteiger charge is -2.31. The fourth-order valence-electron chi connectivity index (χ4n) is 4.64. The van der Waals surface area contributed by atoms with Crippen molar-refractivity contribution in [3.8, 4) is 0 Å². The van der Waals surface area contributed by atoms with E-state index < -0.39 is 0 Å². The summed E-state index contributed by atoms with van der Waals surface area (Å²) in [5, 5.41) is 4.33. The molecule has 1 amide bonds. The highest BCUT2D eigenvalue weighted by Gasteiger charge is 2.40. The van der Waals surface area contributed by atoms with E-state index in [1.54, 1.807) is 0 Å². The summed E-state index contributed by atoms with van der Waals surface area (Å²) >= 11 is 7.42. The standard InChI is InChI=1S/C25H31ClN6OS/c1-3-31-13-10-17(11-14-31)12-15-32-16-21(32)23(33)29-25-27-20-8-9-22(28-24(20)34-25)30(2)19-6-4-18(26)5-7-19/h4-9,17,21H,3,10-16H2,1-2H3,(H,27,29,33). The Labute approximate surface area is 209 Å². The molecule has 3 aromatic rings. The van der Waals surface area contributed by atoms with E-state index in [4.69, 9.17) is 16.6 Å². The predicted octanol–water partition coefficient (Wildman–Crippen LogP) is 4.86. The van der Waals surface area contributed by atoms with Crippen LogP contribution in [-0.2, 0) is 4.79 Å². The van der Waals surface area contributed by atoms with E-state index in [1.807, 2.05) is 48.3 Å². The Balaban J connectivity index is 1.15. The highest BCUT2D eigenvalue weighted by Crippen LogP contribution is 2.31. The number of carbonyl (C=O) groups excluding carboxylic acids is 1. The Morgan fingerprint density at radius 3 is 2.68 bits per heavy atom. The van der Waals surface area contributed by atoms with Gasteiger partial charge in [-0.2, -0.15) is 0 Å². The summed E-state index contributed by atoms with van der Waals surface area (Å²) in [5.74, 6) is 1.65. The third kappa shape index (κ3) is 5.35. The molecule has 2 fully saturated rings. The second-order valence-electron chi connectivity index (χ2n) is 9.21. The molecule has 0 saturated carbocycles. The molecule has 4 heterocycles. The van der Waals surface area contributed by atoms with Crippen LogP contribution in [0.2, 0.25) is 5.02 Å². The Morgan fingerprint density at radius 1 is 1.18 bits per heavy atom. The monoisotopic (exact) mass is 498 g/mol. The van der Waals surface area contributed by atoms with Crippen LogP contribution in [0.1, 0.15) is 26.2 Å². The Hall–Kier alpha value is -2.26. The number of benzene rings is 1. The van der Waals surface area contributed by atoms with Gasteiger partial charge in [-0.3, -0.25) is 9.69 Å². The molecular formula is C25H31ClN6OS. The molecular weight excluding hydrogens is 468 g/mol. The molecule has 7 nitrogen and oxygen atoms in total. The predicted molar refractivity (Wildman–Crippen MR) is 140 cm³/mol. The van der Waals surface area contributed by atoms with Crippen LogP contribution in [0.15, 0.2) is 36.4 Å². The van der Waals surface area contributed by atoms with Gasteiger partial charge in [-0.1, -0.05) is 29.9 Å². The number of nitrogens with zero attached hydrogens (tertiary/aromatic N) is 5. The average Bonchev–Trinajstić information content (AvgIpc) is 3.53. The molecule has 2 aliphatic rings. The number of pyridine rings is 1. The zero-order valence-corrected chi connectivity index (χ0v) is 21.3. The number of rotatable bonds is 8. The molecule has 2 unspecified atom stereocenters. The van der Waals surface area contributed by atoms with Gasteiger partial charge in [-0.15, -0.1) is 0 Å².